The molecular formula is C21H26F3NO3. The van der Waals surface area contributed by atoms with Gasteiger partial charge in [-0.3, -0.25) is 4.79 Å². The lowest BCUT2D eigenvalue weighted by Gasteiger charge is -2.51. The Morgan fingerprint density at radius 1 is 1.25 bits per heavy atom. The van der Waals surface area contributed by atoms with Gasteiger partial charge in [-0.05, 0) is 69.7 Å². The lowest BCUT2D eigenvalue weighted by molar-refractivity contribution is -0.161. The molecule has 1 heterocycles. The summed E-state index contributed by atoms with van der Waals surface area (Å²) in [6.45, 7) is 4.83. The average molecular weight is 397 g/mol. The quantitative estimate of drug-likeness (QED) is 0.841. The van der Waals surface area contributed by atoms with Gasteiger partial charge in [0, 0.05) is 24.4 Å². The maximum Gasteiger partial charge on any atom is 0.416 e. The van der Waals surface area contributed by atoms with Crippen molar-refractivity contribution >= 4 is 5.91 Å². The number of ether oxygens (including phenoxy) is 1. The number of alkyl halides is 3. The Balaban J connectivity index is 1.30. The number of nitrogens with zero attached hydrogens (tertiary/aromatic N) is 1. The van der Waals surface area contributed by atoms with Gasteiger partial charge in [0.05, 0.1) is 17.3 Å². The highest BCUT2D eigenvalue weighted by molar-refractivity contribution is 5.81. The molecule has 1 aromatic rings. The lowest BCUT2D eigenvalue weighted by Crippen LogP contribution is -2.61. The summed E-state index contributed by atoms with van der Waals surface area (Å²) in [4.78, 5) is 14.3. The van der Waals surface area contributed by atoms with E-state index in [1.54, 1.807) is 13.8 Å². The van der Waals surface area contributed by atoms with Crippen molar-refractivity contribution < 1.29 is 27.8 Å². The number of aliphatic hydroxyl groups is 1. The first kappa shape index (κ1) is 19.6. The van der Waals surface area contributed by atoms with Crippen molar-refractivity contribution in [2.75, 3.05) is 13.1 Å². The first-order valence-electron chi connectivity index (χ1n) is 9.82. The van der Waals surface area contributed by atoms with Crippen molar-refractivity contribution in [1.29, 1.82) is 0 Å². The second-order valence-corrected chi connectivity index (χ2v) is 9.26. The van der Waals surface area contributed by atoms with Gasteiger partial charge in [0.2, 0.25) is 5.91 Å². The number of aryl methyl sites for hydroxylation is 1. The standard InChI is InChI=1S/C21H26F3NO3/c1-13-7-15(21(22,23)24)3-4-17(13)28-16-5-6-20(10-16)11-25(12-20)18(26)14-8-19(2,27)9-14/h3-4,7,14,16,27H,5-6,8-12H2,1-2H3/t14-,16?,19+. The molecule has 3 aliphatic rings. The monoisotopic (exact) mass is 397 g/mol. The molecule has 154 valence electrons. The molecule has 3 fully saturated rings. The van der Waals surface area contributed by atoms with Crippen molar-refractivity contribution in [1.82, 2.24) is 4.90 Å². The van der Waals surface area contributed by atoms with Gasteiger partial charge in [-0.2, -0.15) is 13.2 Å². The molecule has 28 heavy (non-hydrogen) atoms. The van der Waals surface area contributed by atoms with Crippen LogP contribution in [0.15, 0.2) is 18.2 Å². The zero-order valence-corrected chi connectivity index (χ0v) is 16.2. The van der Waals surface area contributed by atoms with E-state index in [-0.39, 0.29) is 23.3 Å². The van der Waals surface area contributed by atoms with Gasteiger partial charge in [0.25, 0.3) is 0 Å². The Morgan fingerprint density at radius 2 is 1.93 bits per heavy atom. The van der Waals surface area contributed by atoms with E-state index < -0.39 is 17.3 Å². The van der Waals surface area contributed by atoms with E-state index in [2.05, 4.69) is 0 Å². The number of hydrogen-bond donors (Lipinski definition) is 1. The second-order valence-electron chi connectivity index (χ2n) is 9.26. The zero-order chi connectivity index (χ0) is 20.3. The van der Waals surface area contributed by atoms with Crippen LogP contribution in [0.2, 0.25) is 0 Å². The van der Waals surface area contributed by atoms with E-state index in [9.17, 15) is 23.1 Å². The first-order valence-corrected chi connectivity index (χ1v) is 9.82. The normalized spacial score (nSPS) is 31.4. The maximum absolute atomic E-state index is 12.8. The van der Waals surface area contributed by atoms with Crippen molar-refractivity contribution in [2.45, 2.75) is 63.8 Å². The summed E-state index contributed by atoms with van der Waals surface area (Å²) in [7, 11) is 0. The van der Waals surface area contributed by atoms with Gasteiger partial charge in [-0.25, -0.2) is 0 Å². The molecule has 1 atom stereocenters. The van der Waals surface area contributed by atoms with Crippen molar-refractivity contribution in [3.63, 3.8) is 0 Å². The van der Waals surface area contributed by atoms with Crippen LogP contribution in [0.5, 0.6) is 5.75 Å². The molecular weight excluding hydrogens is 371 g/mol. The molecule has 1 aliphatic heterocycles. The summed E-state index contributed by atoms with van der Waals surface area (Å²) < 4.78 is 44.4. The minimum absolute atomic E-state index is 0.0304. The molecule has 2 aliphatic carbocycles. The molecule has 4 nitrogen and oxygen atoms in total. The molecule has 7 heteroatoms. The number of likely N-dealkylation sites (tertiary alicyclic amines) is 1. The fourth-order valence-electron chi connectivity index (χ4n) is 5.03. The minimum Gasteiger partial charge on any atom is -0.490 e. The fourth-order valence-corrected chi connectivity index (χ4v) is 5.03. The van der Waals surface area contributed by atoms with Crippen LogP contribution in [0.3, 0.4) is 0 Å². The highest BCUT2D eigenvalue weighted by Crippen LogP contribution is 2.49. The molecule has 0 bridgehead atoms. The molecule has 2 saturated carbocycles. The van der Waals surface area contributed by atoms with Crippen LogP contribution in [0.4, 0.5) is 13.2 Å². The van der Waals surface area contributed by atoms with Crippen molar-refractivity contribution in [2.24, 2.45) is 11.3 Å². The van der Waals surface area contributed by atoms with Crippen LogP contribution >= 0.6 is 0 Å². The number of carbonyl (C=O) groups is 1. The van der Waals surface area contributed by atoms with Crippen LogP contribution in [0.25, 0.3) is 0 Å². The summed E-state index contributed by atoms with van der Waals surface area (Å²) in [5.74, 6) is 0.578. The van der Waals surface area contributed by atoms with E-state index >= 15 is 0 Å². The van der Waals surface area contributed by atoms with Crippen LogP contribution in [-0.2, 0) is 11.0 Å². The van der Waals surface area contributed by atoms with E-state index in [1.165, 1.54) is 6.07 Å². The lowest BCUT2D eigenvalue weighted by atomic mass is 9.70. The third-order valence-electron chi connectivity index (χ3n) is 6.54. The predicted octanol–water partition coefficient (Wildman–Crippen LogP) is 3.93. The van der Waals surface area contributed by atoms with Gasteiger partial charge in [0.15, 0.2) is 0 Å². The van der Waals surface area contributed by atoms with Crippen LogP contribution in [-0.4, -0.2) is 40.7 Å². The number of halogens is 3. The molecule has 0 aromatic heterocycles. The topological polar surface area (TPSA) is 49.8 Å². The summed E-state index contributed by atoms with van der Waals surface area (Å²) in [5, 5.41) is 9.82. The molecule has 0 radical (unpaired) electrons. The highest BCUT2D eigenvalue weighted by atomic mass is 19.4. The number of amides is 1. The van der Waals surface area contributed by atoms with Crippen LogP contribution < -0.4 is 4.74 Å². The minimum atomic E-state index is -4.35. The number of carbonyl (C=O) groups excluding carboxylic acids is 1. The number of rotatable bonds is 3. The largest absolute Gasteiger partial charge is 0.490 e. The summed E-state index contributed by atoms with van der Waals surface area (Å²) in [6.07, 6.45) is -0.680. The molecule has 4 rings (SSSR count). The van der Waals surface area contributed by atoms with Gasteiger partial charge in [-0.1, -0.05) is 0 Å². The summed E-state index contributed by atoms with van der Waals surface area (Å²) in [6, 6.07) is 3.59. The first-order chi connectivity index (χ1) is 13.0. The summed E-state index contributed by atoms with van der Waals surface area (Å²) >= 11 is 0. The highest BCUT2D eigenvalue weighted by Gasteiger charge is 2.53. The maximum atomic E-state index is 12.8. The summed E-state index contributed by atoms with van der Waals surface area (Å²) in [5.41, 5.74) is -0.803. The smallest absolute Gasteiger partial charge is 0.416 e. The van der Waals surface area contributed by atoms with Crippen LogP contribution in [0.1, 0.15) is 50.2 Å². The Hall–Kier alpha value is -1.76. The third kappa shape index (κ3) is 3.61. The van der Waals surface area contributed by atoms with E-state index in [1.807, 2.05) is 4.90 Å². The SMILES string of the molecule is Cc1cc(C(F)(F)F)ccc1OC1CCC2(C1)CN(C(=O)[C@H]1C[C@@](C)(O)C1)C2. The van der Waals surface area contributed by atoms with E-state index in [0.717, 1.165) is 44.5 Å². The zero-order valence-electron chi connectivity index (χ0n) is 16.2. The second kappa shape index (κ2) is 6.37. The molecule has 1 unspecified atom stereocenters. The van der Waals surface area contributed by atoms with E-state index in [4.69, 9.17) is 4.74 Å². The van der Waals surface area contributed by atoms with Gasteiger partial charge in [-0.15, -0.1) is 0 Å². The van der Waals surface area contributed by atoms with Gasteiger partial charge >= 0.3 is 6.18 Å². The fraction of sp³-hybridized carbons (Fsp3) is 0.667. The van der Waals surface area contributed by atoms with E-state index in [0.29, 0.717) is 24.2 Å². The predicted molar refractivity (Wildman–Crippen MR) is 96.8 cm³/mol. The van der Waals surface area contributed by atoms with Crippen molar-refractivity contribution in [3.8, 4) is 5.75 Å². The number of hydrogen-bond acceptors (Lipinski definition) is 3. The Kier molecular flexibility index (Phi) is 4.45. The van der Waals surface area contributed by atoms with Crippen molar-refractivity contribution in [3.05, 3.63) is 29.3 Å². The van der Waals surface area contributed by atoms with Gasteiger partial charge < -0.3 is 14.7 Å². The molecule has 1 aromatic carbocycles. The molecule has 1 spiro atoms. The third-order valence-corrected chi connectivity index (χ3v) is 6.54. The molecule has 1 amide bonds. The number of benzene rings is 1. The average Bonchev–Trinajstić information content (AvgIpc) is 2.95. The molecule has 1 saturated heterocycles. The van der Waals surface area contributed by atoms with Gasteiger partial charge in [0.1, 0.15) is 5.75 Å². The van der Waals surface area contributed by atoms with Crippen LogP contribution in [0, 0.1) is 18.3 Å². The Bertz CT molecular complexity index is 776. The Morgan fingerprint density at radius 3 is 2.50 bits per heavy atom. The Labute approximate surface area is 162 Å². The molecule has 1 N–H and O–H groups in total.